The highest BCUT2D eigenvalue weighted by atomic mass is 32.2. The molecule has 3 N–H and O–H groups in total. The molecule has 20 heavy (non-hydrogen) atoms. The van der Waals surface area contributed by atoms with E-state index in [1.54, 1.807) is 0 Å². The van der Waals surface area contributed by atoms with E-state index in [2.05, 4.69) is 15.0 Å². The third kappa shape index (κ3) is 3.28. The zero-order valence-electron chi connectivity index (χ0n) is 10.4. The van der Waals surface area contributed by atoms with E-state index in [0.717, 1.165) is 16.4 Å². The van der Waals surface area contributed by atoms with Crippen LogP contribution in [0.3, 0.4) is 0 Å². The number of nitrogens with one attached hydrogen (secondary N) is 2. The summed E-state index contributed by atoms with van der Waals surface area (Å²) in [6, 6.07) is 8.84. The van der Waals surface area contributed by atoms with Gasteiger partial charge in [-0.2, -0.15) is 4.37 Å². The molecule has 0 spiro atoms. The minimum Gasteiger partial charge on any atom is -0.477 e. The van der Waals surface area contributed by atoms with E-state index in [0.29, 0.717) is 5.03 Å². The molecule has 2 aromatic rings. The molecule has 0 fully saturated rings. The number of nitrogens with zero attached hydrogens (tertiary/aromatic N) is 1. The van der Waals surface area contributed by atoms with Crippen molar-refractivity contribution in [3.05, 3.63) is 35.9 Å². The average Bonchev–Trinajstić information content (AvgIpc) is 2.82. The molecule has 6 nitrogen and oxygen atoms in total. The number of carbonyl (C=O) groups excluding carboxylic acids is 1. The van der Waals surface area contributed by atoms with Crippen LogP contribution < -0.4 is 10.6 Å². The molecule has 104 valence electrons. The first kappa shape index (κ1) is 14.4. The van der Waals surface area contributed by atoms with Crippen LogP contribution in [0.4, 0.5) is 9.80 Å². The van der Waals surface area contributed by atoms with E-state index < -0.39 is 12.0 Å². The van der Waals surface area contributed by atoms with Gasteiger partial charge in [0.2, 0.25) is 0 Å². The molecule has 1 aromatic carbocycles. The Bertz CT molecular complexity index is 628. The maximum atomic E-state index is 11.3. The third-order valence-electron chi connectivity index (χ3n) is 2.29. The van der Waals surface area contributed by atoms with Crippen molar-refractivity contribution < 1.29 is 14.7 Å². The second-order valence-electron chi connectivity index (χ2n) is 3.62. The number of carboxylic acid groups (broad SMARTS) is 1. The lowest BCUT2D eigenvalue weighted by Crippen LogP contribution is -2.24. The Hall–Kier alpha value is -2.06. The first-order valence-corrected chi connectivity index (χ1v) is 7.15. The van der Waals surface area contributed by atoms with E-state index in [1.807, 2.05) is 30.3 Å². The van der Waals surface area contributed by atoms with Gasteiger partial charge in [-0.05, 0) is 23.7 Å². The molecule has 0 saturated carbocycles. The second kappa shape index (κ2) is 6.40. The first-order valence-electron chi connectivity index (χ1n) is 5.56. The van der Waals surface area contributed by atoms with Crippen LogP contribution in [0.1, 0.15) is 10.4 Å². The Morgan fingerprint density at radius 2 is 2.00 bits per heavy atom. The standard InChI is InChI=1S/C12H11N3O3S2/c1-13-12(18)14-9-8(11(16)17)10(15-20-9)19-7-5-3-2-4-6-7/h2-6H,1H3,(H,16,17)(H2,13,14,18). The van der Waals surface area contributed by atoms with Gasteiger partial charge in [-0.15, -0.1) is 0 Å². The second-order valence-corrected chi connectivity index (χ2v) is 5.45. The molecule has 0 aliphatic heterocycles. The number of carboxylic acids is 1. The Balaban J connectivity index is 2.30. The van der Waals surface area contributed by atoms with Crippen LogP contribution in [-0.4, -0.2) is 28.5 Å². The zero-order chi connectivity index (χ0) is 14.5. The van der Waals surface area contributed by atoms with Gasteiger partial charge in [-0.1, -0.05) is 30.0 Å². The number of aromatic carboxylic acids is 1. The molecule has 0 saturated heterocycles. The van der Waals surface area contributed by atoms with Gasteiger partial charge in [0.15, 0.2) is 0 Å². The molecule has 0 unspecified atom stereocenters. The lowest BCUT2D eigenvalue weighted by molar-refractivity contribution is 0.0694. The molecule has 1 aromatic heterocycles. The number of aromatic nitrogens is 1. The summed E-state index contributed by atoms with van der Waals surface area (Å²) in [6.45, 7) is 0. The summed E-state index contributed by atoms with van der Waals surface area (Å²) >= 11 is 2.19. The summed E-state index contributed by atoms with van der Waals surface area (Å²) in [6.07, 6.45) is 0. The molecule has 1 heterocycles. The van der Waals surface area contributed by atoms with E-state index in [1.165, 1.54) is 18.8 Å². The quantitative estimate of drug-likeness (QED) is 0.807. The minimum absolute atomic E-state index is 0.00690. The molecule has 0 aliphatic carbocycles. The molecule has 0 aliphatic rings. The van der Waals surface area contributed by atoms with Crippen LogP contribution in [0.15, 0.2) is 40.3 Å². The Kier molecular flexibility index (Phi) is 4.59. The van der Waals surface area contributed by atoms with E-state index in [4.69, 9.17) is 0 Å². The van der Waals surface area contributed by atoms with Crippen molar-refractivity contribution in [2.24, 2.45) is 0 Å². The van der Waals surface area contributed by atoms with Crippen molar-refractivity contribution in [3.8, 4) is 0 Å². The maximum Gasteiger partial charge on any atom is 0.341 e. The molecular weight excluding hydrogens is 298 g/mol. The van der Waals surface area contributed by atoms with Gasteiger partial charge in [0.1, 0.15) is 15.6 Å². The minimum atomic E-state index is -1.12. The van der Waals surface area contributed by atoms with E-state index >= 15 is 0 Å². The van der Waals surface area contributed by atoms with Gasteiger partial charge in [0.05, 0.1) is 0 Å². The number of benzene rings is 1. The highest BCUT2D eigenvalue weighted by Gasteiger charge is 2.22. The zero-order valence-corrected chi connectivity index (χ0v) is 12.0. The van der Waals surface area contributed by atoms with Gasteiger partial charge in [-0.3, -0.25) is 5.32 Å². The van der Waals surface area contributed by atoms with Crippen molar-refractivity contribution >= 4 is 40.3 Å². The summed E-state index contributed by atoms with van der Waals surface area (Å²) in [7, 11) is 1.45. The smallest absolute Gasteiger partial charge is 0.341 e. The van der Waals surface area contributed by atoms with Crippen LogP contribution >= 0.6 is 23.3 Å². The average molecular weight is 309 g/mol. The van der Waals surface area contributed by atoms with Gasteiger partial charge >= 0.3 is 12.0 Å². The fourth-order valence-corrected chi connectivity index (χ4v) is 3.20. The van der Waals surface area contributed by atoms with Crippen LogP contribution in [0.2, 0.25) is 0 Å². The van der Waals surface area contributed by atoms with Crippen molar-refractivity contribution in [3.63, 3.8) is 0 Å². The van der Waals surface area contributed by atoms with Crippen molar-refractivity contribution in [1.29, 1.82) is 0 Å². The monoisotopic (exact) mass is 309 g/mol. The fourth-order valence-electron chi connectivity index (χ4n) is 1.38. The largest absolute Gasteiger partial charge is 0.477 e. The number of rotatable bonds is 4. The van der Waals surface area contributed by atoms with Crippen molar-refractivity contribution in [2.75, 3.05) is 12.4 Å². The van der Waals surface area contributed by atoms with Crippen molar-refractivity contribution in [2.45, 2.75) is 9.92 Å². The molecule has 0 bridgehead atoms. The van der Waals surface area contributed by atoms with Crippen LogP contribution in [0.25, 0.3) is 0 Å². The van der Waals surface area contributed by atoms with Gasteiger partial charge in [0, 0.05) is 11.9 Å². The summed E-state index contributed by atoms with van der Waals surface area (Å²) in [5.41, 5.74) is 0.00690. The number of hydrogen-bond acceptors (Lipinski definition) is 5. The van der Waals surface area contributed by atoms with Crippen LogP contribution in [-0.2, 0) is 0 Å². The number of anilines is 1. The normalized spacial score (nSPS) is 10.1. The number of amides is 2. The lowest BCUT2D eigenvalue weighted by Gasteiger charge is -2.03. The number of hydrogen-bond donors (Lipinski definition) is 3. The van der Waals surface area contributed by atoms with E-state index in [-0.39, 0.29) is 10.6 Å². The van der Waals surface area contributed by atoms with E-state index in [9.17, 15) is 14.7 Å². The van der Waals surface area contributed by atoms with Gasteiger partial charge < -0.3 is 10.4 Å². The molecule has 2 rings (SSSR count). The van der Waals surface area contributed by atoms with Crippen molar-refractivity contribution in [1.82, 2.24) is 9.69 Å². The Morgan fingerprint density at radius 1 is 1.30 bits per heavy atom. The van der Waals surface area contributed by atoms with Gasteiger partial charge in [0.25, 0.3) is 0 Å². The fraction of sp³-hybridized carbons (Fsp3) is 0.0833. The summed E-state index contributed by atoms with van der Waals surface area (Å²) in [4.78, 5) is 23.5. The summed E-state index contributed by atoms with van der Waals surface area (Å²) in [5, 5.41) is 14.7. The number of carbonyl (C=O) groups is 2. The Labute approximate surface area is 123 Å². The highest BCUT2D eigenvalue weighted by Crippen LogP contribution is 2.35. The predicted octanol–water partition coefficient (Wildman–Crippen LogP) is 2.74. The molecule has 0 atom stereocenters. The molecule has 8 heteroatoms. The summed E-state index contributed by atoms with van der Waals surface area (Å²) in [5.74, 6) is -1.12. The summed E-state index contributed by atoms with van der Waals surface area (Å²) < 4.78 is 4.10. The predicted molar refractivity (Wildman–Crippen MR) is 77.7 cm³/mol. The highest BCUT2D eigenvalue weighted by molar-refractivity contribution is 7.99. The molecular formula is C12H11N3O3S2. The first-order chi connectivity index (χ1) is 9.61. The maximum absolute atomic E-state index is 11.3. The van der Waals surface area contributed by atoms with Crippen LogP contribution in [0, 0.1) is 0 Å². The Morgan fingerprint density at radius 3 is 2.60 bits per heavy atom. The topological polar surface area (TPSA) is 91.3 Å². The third-order valence-corrected chi connectivity index (χ3v) is 4.16. The van der Waals surface area contributed by atoms with Gasteiger partial charge in [-0.25, -0.2) is 9.59 Å². The lowest BCUT2D eigenvalue weighted by atomic mass is 10.3. The number of urea groups is 1. The molecule has 2 amide bonds. The SMILES string of the molecule is CNC(=O)Nc1snc(Sc2ccccc2)c1C(=O)O. The van der Waals surface area contributed by atoms with Crippen LogP contribution in [0.5, 0.6) is 0 Å². The molecule has 0 radical (unpaired) electrons.